The molecule has 18 heavy (non-hydrogen) atoms. The number of benzene rings is 1. The Hall–Kier alpha value is -1.47. The van der Waals surface area contributed by atoms with Crippen molar-refractivity contribution in [3.8, 4) is 0 Å². The van der Waals surface area contributed by atoms with E-state index < -0.39 is 20.6 Å². The maximum Gasteiger partial charge on any atom is 0.324 e. The van der Waals surface area contributed by atoms with Crippen molar-refractivity contribution >= 4 is 37.4 Å². The molecule has 0 amide bonds. The first-order chi connectivity index (χ1) is 8.26. The quantitative estimate of drug-likeness (QED) is 0.931. The number of fused-ring (bicyclic) bond motifs is 1. The topological polar surface area (TPSA) is 84.3 Å². The van der Waals surface area contributed by atoms with Gasteiger partial charge in [0.1, 0.15) is 0 Å². The zero-order valence-electron chi connectivity index (χ0n) is 9.75. The van der Waals surface area contributed by atoms with E-state index in [1.54, 1.807) is 24.3 Å². The number of sulfone groups is 1. The van der Waals surface area contributed by atoms with Crippen molar-refractivity contribution < 1.29 is 18.3 Å². The number of carboxylic acid groups (broad SMARTS) is 1. The minimum absolute atomic E-state index is 0.156. The summed E-state index contributed by atoms with van der Waals surface area (Å²) in [7, 11) is -3.99. The van der Waals surface area contributed by atoms with E-state index in [0.29, 0.717) is 5.52 Å². The van der Waals surface area contributed by atoms with Crippen LogP contribution in [-0.2, 0) is 14.6 Å². The Labute approximate surface area is 108 Å². The molecule has 7 heteroatoms. The van der Waals surface area contributed by atoms with E-state index in [0.717, 1.165) is 29.9 Å². The van der Waals surface area contributed by atoms with Gasteiger partial charge < -0.3 is 5.11 Å². The van der Waals surface area contributed by atoms with E-state index in [1.165, 1.54) is 0 Å². The molecule has 5 nitrogen and oxygen atoms in total. The second-order valence-corrected chi connectivity index (χ2v) is 7.97. The van der Waals surface area contributed by atoms with Crippen LogP contribution in [0.4, 0.5) is 0 Å². The van der Waals surface area contributed by atoms with Crippen molar-refractivity contribution in [2.24, 2.45) is 0 Å². The lowest BCUT2D eigenvalue weighted by Gasteiger charge is -2.17. The number of para-hydroxylation sites is 1. The van der Waals surface area contributed by atoms with Crippen molar-refractivity contribution in [2.75, 3.05) is 0 Å². The zero-order chi connectivity index (χ0) is 13.6. The van der Waals surface area contributed by atoms with E-state index in [-0.39, 0.29) is 4.34 Å². The number of carboxylic acids is 1. The van der Waals surface area contributed by atoms with Crippen LogP contribution in [0.15, 0.2) is 28.6 Å². The summed E-state index contributed by atoms with van der Waals surface area (Å²) >= 11 is 0.986. The van der Waals surface area contributed by atoms with Crippen LogP contribution in [0.25, 0.3) is 10.2 Å². The Balaban J connectivity index is 2.64. The van der Waals surface area contributed by atoms with Gasteiger partial charge in [-0.2, -0.15) is 0 Å². The minimum Gasteiger partial charge on any atom is -0.480 e. The van der Waals surface area contributed by atoms with Crippen LogP contribution in [0.3, 0.4) is 0 Å². The molecule has 0 saturated heterocycles. The number of aliphatic carboxylic acids is 1. The SMILES string of the molecule is CC(C)(C(=O)O)S(=O)(=O)c1nc2ccccc2s1. The van der Waals surface area contributed by atoms with E-state index in [9.17, 15) is 13.2 Å². The van der Waals surface area contributed by atoms with Crippen LogP contribution in [0.1, 0.15) is 13.8 Å². The Kier molecular flexibility index (Phi) is 2.90. The molecule has 1 aromatic carbocycles. The highest BCUT2D eigenvalue weighted by Gasteiger charge is 2.44. The summed E-state index contributed by atoms with van der Waals surface area (Å²) in [6, 6.07) is 6.97. The van der Waals surface area contributed by atoms with Gasteiger partial charge in [0.2, 0.25) is 14.2 Å². The standard InChI is InChI=1S/C11H11NO4S2/c1-11(2,9(13)14)18(15,16)10-12-7-5-3-4-6-8(7)17-10/h3-6H,1-2H3,(H,13,14). The van der Waals surface area contributed by atoms with Crippen molar-refractivity contribution in [3.05, 3.63) is 24.3 Å². The molecule has 0 aliphatic heterocycles. The van der Waals surface area contributed by atoms with Crippen molar-refractivity contribution in [1.29, 1.82) is 0 Å². The van der Waals surface area contributed by atoms with Crippen LogP contribution < -0.4 is 0 Å². The van der Waals surface area contributed by atoms with Crippen LogP contribution in [-0.4, -0.2) is 29.2 Å². The number of aromatic nitrogens is 1. The molecule has 0 atom stereocenters. The molecule has 0 saturated carbocycles. The summed E-state index contributed by atoms with van der Waals surface area (Å²) in [4.78, 5) is 15.1. The second-order valence-electron chi connectivity index (χ2n) is 4.27. The third kappa shape index (κ3) is 1.79. The predicted octanol–water partition coefficient (Wildman–Crippen LogP) is 1.93. The molecule has 0 bridgehead atoms. The average molecular weight is 285 g/mol. The first-order valence-electron chi connectivity index (χ1n) is 5.10. The predicted molar refractivity (Wildman–Crippen MR) is 68.5 cm³/mol. The van der Waals surface area contributed by atoms with Gasteiger partial charge in [-0.3, -0.25) is 4.79 Å². The molecule has 2 rings (SSSR count). The first-order valence-corrected chi connectivity index (χ1v) is 7.40. The highest BCUT2D eigenvalue weighted by Crippen LogP contribution is 2.32. The van der Waals surface area contributed by atoms with E-state index in [2.05, 4.69) is 4.98 Å². The molecule has 0 spiro atoms. The second kappa shape index (κ2) is 4.03. The molecular formula is C11H11NO4S2. The third-order valence-corrected chi connectivity index (χ3v) is 6.50. The molecule has 0 unspecified atom stereocenters. The lowest BCUT2D eigenvalue weighted by molar-refractivity contribution is -0.139. The largest absolute Gasteiger partial charge is 0.480 e. The number of rotatable bonds is 3. The van der Waals surface area contributed by atoms with Crippen molar-refractivity contribution in [3.63, 3.8) is 0 Å². The van der Waals surface area contributed by atoms with Crippen LogP contribution in [0, 0.1) is 0 Å². The normalized spacial score (nSPS) is 12.8. The zero-order valence-corrected chi connectivity index (χ0v) is 11.4. The van der Waals surface area contributed by atoms with E-state index in [4.69, 9.17) is 5.11 Å². The van der Waals surface area contributed by atoms with Gasteiger partial charge in [0.15, 0.2) is 4.75 Å². The molecule has 0 fully saturated rings. The van der Waals surface area contributed by atoms with Crippen molar-refractivity contribution in [2.45, 2.75) is 22.9 Å². The maximum absolute atomic E-state index is 12.2. The fourth-order valence-corrected chi connectivity index (χ4v) is 4.21. The molecule has 0 radical (unpaired) electrons. The Morgan fingerprint density at radius 3 is 2.50 bits per heavy atom. The smallest absolute Gasteiger partial charge is 0.324 e. The first kappa shape index (κ1) is 13.0. The summed E-state index contributed by atoms with van der Waals surface area (Å²) in [5.74, 6) is -1.39. The molecule has 2 aromatic rings. The lowest BCUT2D eigenvalue weighted by atomic mass is 10.2. The molecule has 1 heterocycles. The van der Waals surface area contributed by atoms with Gasteiger partial charge >= 0.3 is 5.97 Å². The van der Waals surface area contributed by atoms with Crippen LogP contribution in [0.2, 0.25) is 0 Å². The minimum atomic E-state index is -3.99. The number of nitrogens with zero attached hydrogens (tertiary/aromatic N) is 1. The maximum atomic E-state index is 12.2. The third-order valence-electron chi connectivity index (χ3n) is 2.69. The van der Waals surface area contributed by atoms with Gasteiger partial charge in [-0.25, -0.2) is 13.4 Å². The number of hydrogen-bond acceptors (Lipinski definition) is 5. The Morgan fingerprint density at radius 2 is 1.94 bits per heavy atom. The van der Waals surface area contributed by atoms with Gasteiger partial charge in [0.05, 0.1) is 10.2 Å². The van der Waals surface area contributed by atoms with E-state index >= 15 is 0 Å². The van der Waals surface area contributed by atoms with Gasteiger partial charge in [0, 0.05) is 0 Å². The van der Waals surface area contributed by atoms with Gasteiger partial charge in [0.25, 0.3) is 0 Å². The highest BCUT2D eigenvalue weighted by molar-refractivity contribution is 7.95. The number of carbonyl (C=O) groups is 1. The average Bonchev–Trinajstić information content (AvgIpc) is 2.72. The summed E-state index contributed by atoms with van der Waals surface area (Å²) in [5, 5.41) is 9.01. The molecule has 0 aliphatic carbocycles. The van der Waals surface area contributed by atoms with Gasteiger partial charge in [-0.1, -0.05) is 12.1 Å². The molecule has 96 valence electrons. The van der Waals surface area contributed by atoms with Crippen molar-refractivity contribution in [1.82, 2.24) is 4.98 Å². The van der Waals surface area contributed by atoms with Crippen LogP contribution in [0.5, 0.6) is 0 Å². The fourth-order valence-electron chi connectivity index (χ4n) is 1.30. The fraction of sp³-hybridized carbons (Fsp3) is 0.273. The Bertz CT molecular complexity index is 682. The molecule has 1 N–H and O–H groups in total. The monoisotopic (exact) mass is 285 g/mol. The Morgan fingerprint density at radius 1 is 1.33 bits per heavy atom. The number of thiazole rings is 1. The highest BCUT2D eigenvalue weighted by atomic mass is 32.2. The molecule has 1 aromatic heterocycles. The summed E-state index contributed by atoms with van der Waals surface area (Å²) < 4.78 is 23.1. The number of hydrogen-bond donors (Lipinski definition) is 1. The summed E-state index contributed by atoms with van der Waals surface area (Å²) in [5.41, 5.74) is 0.558. The van der Waals surface area contributed by atoms with Gasteiger partial charge in [-0.05, 0) is 26.0 Å². The van der Waals surface area contributed by atoms with Crippen LogP contribution >= 0.6 is 11.3 Å². The molecule has 0 aliphatic rings. The summed E-state index contributed by atoms with van der Waals surface area (Å²) in [6.07, 6.45) is 0. The lowest BCUT2D eigenvalue weighted by Crippen LogP contribution is -2.40. The van der Waals surface area contributed by atoms with Gasteiger partial charge in [-0.15, -0.1) is 11.3 Å². The molecular weight excluding hydrogens is 274 g/mol. The van der Waals surface area contributed by atoms with E-state index in [1.807, 2.05) is 0 Å². The summed E-state index contributed by atoms with van der Waals surface area (Å²) in [6.45, 7) is 2.33.